The summed E-state index contributed by atoms with van der Waals surface area (Å²) in [6.45, 7) is 4.47. The molecule has 1 fully saturated rings. The second kappa shape index (κ2) is 3.94. The summed E-state index contributed by atoms with van der Waals surface area (Å²) in [4.78, 5) is 16.9. The second-order valence-electron chi connectivity index (χ2n) is 4.88. The van der Waals surface area contributed by atoms with Crippen molar-refractivity contribution >= 4 is 5.91 Å². The van der Waals surface area contributed by atoms with Gasteiger partial charge in [0.25, 0.3) is 0 Å². The van der Waals surface area contributed by atoms with Crippen LogP contribution in [0.5, 0.6) is 0 Å². The van der Waals surface area contributed by atoms with Gasteiger partial charge in [0, 0.05) is 18.4 Å². The van der Waals surface area contributed by atoms with Crippen LogP contribution in [-0.2, 0) is 11.2 Å². The number of hydrogen-bond acceptors (Lipinski definition) is 2. The van der Waals surface area contributed by atoms with Crippen LogP contribution in [0.2, 0.25) is 0 Å². The lowest BCUT2D eigenvalue weighted by molar-refractivity contribution is -0.135. The minimum Gasteiger partial charge on any atom is -0.391 e. The molecule has 2 N–H and O–H groups in total. The van der Waals surface area contributed by atoms with Crippen LogP contribution in [0.3, 0.4) is 0 Å². The lowest BCUT2D eigenvalue weighted by atomic mass is 9.98. The van der Waals surface area contributed by atoms with Gasteiger partial charge >= 0.3 is 0 Å². The molecule has 0 radical (unpaired) electrons. The first kappa shape index (κ1) is 11.2. The summed E-state index contributed by atoms with van der Waals surface area (Å²) in [5.74, 6) is 0.0731. The highest BCUT2D eigenvalue weighted by molar-refractivity contribution is 5.79. The zero-order chi connectivity index (χ0) is 11.8. The molecule has 2 heterocycles. The molecule has 1 aliphatic rings. The minimum absolute atomic E-state index is 0.0731. The van der Waals surface area contributed by atoms with Gasteiger partial charge in [0.15, 0.2) is 0 Å². The predicted molar refractivity (Wildman–Crippen MR) is 60.9 cm³/mol. The van der Waals surface area contributed by atoms with Crippen LogP contribution in [0, 0.1) is 0 Å². The van der Waals surface area contributed by atoms with E-state index >= 15 is 0 Å². The Balaban J connectivity index is 2.06. The Hall–Kier alpha value is -1.29. The molecule has 1 aliphatic heterocycles. The van der Waals surface area contributed by atoms with Gasteiger partial charge in [0.1, 0.15) is 0 Å². The maximum Gasteiger partial charge on any atom is 0.229 e. The average Bonchev–Trinajstić information content (AvgIpc) is 2.77. The number of amides is 1. The van der Waals surface area contributed by atoms with Gasteiger partial charge in [-0.3, -0.25) is 4.79 Å². The Labute approximate surface area is 95.3 Å². The monoisotopic (exact) mass is 222 g/mol. The Morgan fingerprint density at radius 2 is 2.44 bits per heavy atom. The first-order valence-corrected chi connectivity index (χ1v) is 5.62. The largest absolute Gasteiger partial charge is 0.391 e. The summed E-state index contributed by atoms with van der Waals surface area (Å²) >= 11 is 0. The minimum atomic E-state index is -0.441. The summed E-state index contributed by atoms with van der Waals surface area (Å²) < 4.78 is 0. The first-order valence-electron chi connectivity index (χ1n) is 5.62. The zero-order valence-electron chi connectivity index (χ0n) is 9.73. The number of aromatic nitrogens is 1. The van der Waals surface area contributed by atoms with Crippen molar-refractivity contribution in [2.45, 2.75) is 38.3 Å². The van der Waals surface area contributed by atoms with E-state index in [1.54, 1.807) is 4.90 Å². The molecule has 2 rings (SSSR count). The molecule has 0 aliphatic carbocycles. The van der Waals surface area contributed by atoms with Gasteiger partial charge < -0.3 is 15.0 Å². The standard InChI is InChI=1S/C12H18N2O2/c1-12(2)10(15)5-7-14(12)11(16)8-9-4-3-6-13-9/h3-4,6,10,13,15H,5,7-8H2,1-2H3. The molecule has 0 aromatic carbocycles. The van der Waals surface area contributed by atoms with Crippen molar-refractivity contribution in [3.8, 4) is 0 Å². The van der Waals surface area contributed by atoms with Gasteiger partial charge in [-0.1, -0.05) is 0 Å². The lowest BCUT2D eigenvalue weighted by Crippen LogP contribution is -2.48. The highest BCUT2D eigenvalue weighted by atomic mass is 16.3. The summed E-state index contributed by atoms with van der Waals surface area (Å²) in [7, 11) is 0. The number of aliphatic hydroxyl groups excluding tert-OH is 1. The molecule has 1 saturated heterocycles. The van der Waals surface area contributed by atoms with Crippen molar-refractivity contribution in [2.24, 2.45) is 0 Å². The molecule has 1 amide bonds. The van der Waals surface area contributed by atoms with E-state index < -0.39 is 11.6 Å². The Bertz CT molecular complexity index is 370. The van der Waals surface area contributed by atoms with E-state index in [-0.39, 0.29) is 5.91 Å². The van der Waals surface area contributed by atoms with Crippen LogP contribution >= 0.6 is 0 Å². The van der Waals surface area contributed by atoms with Gasteiger partial charge in [-0.05, 0) is 32.4 Å². The number of carbonyl (C=O) groups is 1. The second-order valence-corrected chi connectivity index (χ2v) is 4.88. The van der Waals surface area contributed by atoms with E-state index in [0.29, 0.717) is 19.4 Å². The number of rotatable bonds is 2. The molecule has 4 heteroatoms. The number of hydrogen-bond donors (Lipinski definition) is 2. The molecule has 1 atom stereocenters. The molecule has 1 aromatic heterocycles. The predicted octanol–water partition coefficient (Wildman–Crippen LogP) is 0.929. The number of nitrogens with one attached hydrogen (secondary N) is 1. The van der Waals surface area contributed by atoms with E-state index in [2.05, 4.69) is 4.98 Å². The van der Waals surface area contributed by atoms with Crippen molar-refractivity contribution < 1.29 is 9.90 Å². The third-order valence-corrected chi connectivity index (χ3v) is 3.44. The molecule has 0 bridgehead atoms. The first-order chi connectivity index (χ1) is 7.51. The van der Waals surface area contributed by atoms with Crippen molar-refractivity contribution in [1.82, 2.24) is 9.88 Å². The fraction of sp³-hybridized carbons (Fsp3) is 0.583. The smallest absolute Gasteiger partial charge is 0.229 e. The van der Waals surface area contributed by atoms with Crippen molar-refractivity contribution in [3.05, 3.63) is 24.0 Å². The number of likely N-dealkylation sites (tertiary alicyclic amines) is 1. The van der Waals surface area contributed by atoms with Gasteiger partial charge in [0.05, 0.1) is 18.1 Å². The fourth-order valence-corrected chi connectivity index (χ4v) is 2.25. The fourth-order valence-electron chi connectivity index (χ4n) is 2.25. The van der Waals surface area contributed by atoms with Crippen LogP contribution in [-0.4, -0.2) is 39.1 Å². The molecule has 16 heavy (non-hydrogen) atoms. The summed E-state index contributed by atoms with van der Waals surface area (Å²) in [5, 5.41) is 9.80. The zero-order valence-corrected chi connectivity index (χ0v) is 9.73. The maximum absolute atomic E-state index is 12.1. The van der Waals surface area contributed by atoms with Crippen LogP contribution in [0.4, 0.5) is 0 Å². The normalized spacial score (nSPS) is 23.7. The van der Waals surface area contributed by atoms with Crippen LogP contribution in [0.1, 0.15) is 26.0 Å². The van der Waals surface area contributed by atoms with Crippen LogP contribution in [0.25, 0.3) is 0 Å². The van der Waals surface area contributed by atoms with Crippen LogP contribution in [0.15, 0.2) is 18.3 Å². The molecule has 0 spiro atoms. The number of aliphatic hydroxyl groups is 1. The summed E-state index contributed by atoms with van der Waals surface area (Å²) in [5.41, 5.74) is 0.478. The van der Waals surface area contributed by atoms with E-state index in [9.17, 15) is 9.90 Å². The number of carbonyl (C=O) groups excluding carboxylic acids is 1. The average molecular weight is 222 g/mol. The van der Waals surface area contributed by atoms with E-state index in [4.69, 9.17) is 0 Å². The Morgan fingerprint density at radius 1 is 1.69 bits per heavy atom. The van der Waals surface area contributed by atoms with Crippen LogP contribution < -0.4 is 0 Å². The van der Waals surface area contributed by atoms with Crippen molar-refractivity contribution in [3.63, 3.8) is 0 Å². The van der Waals surface area contributed by atoms with E-state index in [1.807, 2.05) is 32.2 Å². The van der Waals surface area contributed by atoms with Gasteiger partial charge in [-0.25, -0.2) is 0 Å². The SMILES string of the molecule is CC1(C)C(O)CCN1C(=O)Cc1ccc[nH]1. The molecular weight excluding hydrogens is 204 g/mol. The third-order valence-electron chi connectivity index (χ3n) is 3.44. The molecule has 88 valence electrons. The Morgan fingerprint density at radius 3 is 2.94 bits per heavy atom. The van der Waals surface area contributed by atoms with Gasteiger partial charge in [0.2, 0.25) is 5.91 Å². The maximum atomic E-state index is 12.1. The third kappa shape index (κ3) is 1.85. The molecule has 0 saturated carbocycles. The number of H-pyrrole nitrogens is 1. The molecular formula is C12H18N2O2. The van der Waals surface area contributed by atoms with E-state index in [0.717, 1.165) is 5.69 Å². The summed E-state index contributed by atoms with van der Waals surface area (Å²) in [6, 6.07) is 3.78. The lowest BCUT2D eigenvalue weighted by Gasteiger charge is -2.33. The Kier molecular flexibility index (Phi) is 2.76. The van der Waals surface area contributed by atoms with Gasteiger partial charge in [-0.15, -0.1) is 0 Å². The topological polar surface area (TPSA) is 56.3 Å². The summed E-state index contributed by atoms with van der Waals surface area (Å²) in [6.07, 6.45) is 2.44. The van der Waals surface area contributed by atoms with Gasteiger partial charge in [-0.2, -0.15) is 0 Å². The number of aromatic amines is 1. The van der Waals surface area contributed by atoms with Crippen molar-refractivity contribution in [2.75, 3.05) is 6.54 Å². The van der Waals surface area contributed by atoms with E-state index in [1.165, 1.54) is 0 Å². The van der Waals surface area contributed by atoms with Crippen molar-refractivity contribution in [1.29, 1.82) is 0 Å². The number of nitrogens with zero attached hydrogens (tertiary/aromatic N) is 1. The highest BCUT2D eigenvalue weighted by Gasteiger charge is 2.42. The quantitative estimate of drug-likeness (QED) is 0.782. The highest BCUT2D eigenvalue weighted by Crippen LogP contribution is 2.29. The molecule has 4 nitrogen and oxygen atoms in total. The molecule has 1 aromatic rings. The molecule has 1 unspecified atom stereocenters.